The van der Waals surface area contributed by atoms with Crippen molar-refractivity contribution in [3.8, 4) is 32.3 Å². The average molecular weight is 865 g/mol. The maximum Gasteiger partial charge on any atom is 0.407 e. The number of carbonyl (C=O) groups is 4. The van der Waals surface area contributed by atoms with E-state index in [0.717, 1.165) is 41.7 Å². The molecule has 0 aliphatic carbocycles. The quantitative estimate of drug-likeness (QED) is 0.0937. The zero-order valence-corrected chi connectivity index (χ0v) is 35.1. The lowest BCUT2D eigenvalue weighted by Crippen LogP contribution is -2.43. The van der Waals surface area contributed by atoms with Crippen molar-refractivity contribution in [2.45, 2.75) is 24.2 Å². The van der Waals surface area contributed by atoms with Gasteiger partial charge >= 0.3 is 12.2 Å². The van der Waals surface area contributed by atoms with Gasteiger partial charge in [0.2, 0.25) is 0 Å². The third kappa shape index (κ3) is 8.00. The highest BCUT2D eigenvalue weighted by molar-refractivity contribution is 7.31. The molecule has 62 heavy (non-hydrogen) atoms. The molecule has 0 saturated heterocycles. The number of hydrogen-bond acceptors (Lipinski definition) is 10. The number of ether oxygens (including phenoxy) is 2. The van der Waals surface area contributed by atoms with Crippen molar-refractivity contribution in [2.75, 3.05) is 27.3 Å². The second-order valence-electron chi connectivity index (χ2n) is 14.6. The first-order valence-corrected chi connectivity index (χ1v) is 21.4. The molecule has 0 fully saturated rings. The topological polar surface area (TPSA) is 175 Å². The maximum absolute atomic E-state index is 13.9. The third-order valence-corrected chi connectivity index (χ3v) is 13.2. The van der Waals surface area contributed by atoms with Crippen molar-refractivity contribution in [3.63, 3.8) is 0 Å². The van der Waals surface area contributed by atoms with Crippen LogP contribution in [0.2, 0.25) is 0 Å². The molecule has 16 heteroatoms. The number of aromatic nitrogens is 4. The van der Waals surface area contributed by atoms with Crippen molar-refractivity contribution >= 4 is 56.1 Å². The van der Waals surface area contributed by atoms with Crippen LogP contribution in [0.3, 0.4) is 0 Å². The molecule has 4 atom stereocenters. The van der Waals surface area contributed by atoms with Gasteiger partial charge in [-0.25, -0.2) is 19.6 Å². The van der Waals surface area contributed by atoms with Gasteiger partial charge in [0.1, 0.15) is 35.8 Å². The predicted molar refractivity (Wildman–Crippen MR) is 237 cm³/mol. The number of imidazole rings is 2. The summed E-state index contributed by atoms with van der Waals surface area (Å²) in [4.78, 5) is 74.1. The van der Waals surface area contributed by atoms with Gasteiger partial charge in [-0.1, -0.05) is 109 Å². The number of aromatic amines is 2. The fraction of sp³-hybridized carbons (Fsp3) is 0.174. The highest BCUT2D eigenvalue weighted by Crippen LogP contribution is 2.42. The zero-order valence-electron chi connectivity index (χ0n) is 33.5. The smallest absolute Gasteiger partial charge is 0.407 e. The molecule has 14 nitrogen and oxygen atoms in total. The van der Waals surface area contributed by atoms with Crippen LogP contribution in [-0.2, 0) is 19.1 Å². The molecular weight excluding hydrogens is 825 g/mol. The normalized spacial score (nSPS) is 16.7. The van der Waals surface area contributed by atoms with E-state index in [1.807, 2.05) is 85.2 Å². The van der Waals surface area contributed by atoms with Crippen molar-refractivity contribution in [1.29, 1.82) is 0 Å². The fourth-order valence-corrected chi connectivity index (χ4v) is 10.0. The number of nitrogens with one attached hydrogen (secondary N) is 4. The van der Waals surface area contributed by atoms with E-state index in [1.54, 1.807) is 56.7 Å². The standard InChI is InChI=1S/C46H40N8O6S2/c1-59-45(57)51-39(29-11-5-3-6-12-29)43(55)53-21-9-15-33(53)41-47-25-31(49-41)27-17-19-28(20-18-27)35-23-37-38(61-35)24-36(62-37)32-26-48-42(50-32)34-16-10-22-54(34)44(56)40(52-46(58)60-2)30-13-7-4-8-14-30/h3-20,23-26,33-34,39-40H,21-22H2,1-2H3,(H,47,49)(H,48,50)(H,51,57)(H,52,58)/t33-,34-,39+,40+/m0/s1. The van der Waals surface area contributed by atoms with Crippen LogP contribution in [0.4, 0.5) is 9.59 Å². The van der Waals surface area contributed by atoms with E-state index in [1.165, 1.54) is 14.2 Å². The number of rotatable bonds is 11. The van der Waals surface area contributed by atoms with Crippen LogP contribution in [0.5, 0.6) is 0 Å². The first kappa shape index (κ1) is 40.1. The van der Waals surface area contributed by atoms with Gasteiger partial charge in [-0.3, -0.25) is 9.59 Å². The first-order chi connectivity index (χ1) is 30.3. The number of fused-ring (bicyclic) bond motifs is 1. The van der Waals surface area contributed by atoms with Gasteiger partial charge in [-0.15, -0.1) is 22.7 Å². The summed E-state index contributed by atoms with van der Waals surface area (Å²) >= 11 is 3.36. The number of methoxy groups -OCH3 is 2. The number of amides is 4. The van der Waals surface area contributed by atoms with Crippen LogP contribution in [0.25, 0.3) is 41.7 Å². The van der Waals surface area contributed by atoms with Crippen molar-refractivity contribution < 1.29 is 28.7 Å². The van der Waals surface area contributed by atoms with Gasteiger partial charge in [-0.2, -0.15) is 0 Å². The number of carbonyl (C=O) groups excluding carboxylic acids is 4. The summed E-state index contributed by atoms with van der Waals surface area (Å²) in [5.41, 5.74) is 4.84. The largest absolute Gasteiger partial charge is 0.453 e. The highest BCUT2D eigenvalue weighted by Gasteiger charge is 2.36. The predicted octanol–water partition coefficient (Wildman–Crippen LogP) is 8.48. The van der Waals surface area contributed by atoms with E-state index >= 15 is 0 Å². The van der Waals surface area contributed by atoms with Gasteiger partial charge in [0.05, 0.1) is 30.5 Å². The fourth-order valence-electron chi connectivity index (χ4n) is 7.68. The molecule has 0 bridgehead atoms. The zero-order chi connectivity index (χ0) is 42.7. The molecule has 4 aromatic heterocycles. The highest BCUT2D eigenvalue weighted by atomic mass is 32.1. The number of hydrogen-bond donors (Lipinski definition) is 4. The Balaban J connectivity index is 0.872. The second-order valence-corrected chi connectivity index (χ2v) is 16.7. The maximum atomic E-state index is 13.9. The Labute approximate surface area is 363 Å². The minimum Gasteiger partial charge on any atom is -0.453 e. The van der Waals surface area contributed by atoms with Crippen LogP contribution < -0.4 is 10.6 Å². The molecule has 9 rings (SSSR count). The van der Waals surface area contributed by atoms with Crippen LogP contribution in [0, 0.1) is 0 Å². The number of benzene rings is 3. The van der Waals surface area contributed by atoms with Crippen LogP contribution >= 0.6 is 22.7 Å². The Morgan fingerprint density at radius 2 is 1.08 bits per heavy atom. The van der Waals surface area contributed by atoms with Crippen LogP contribution in [0.15, 0.2) is 134 Å². The number of alkyl carbamates (subject to hydrolysis) is 2. The third-order valence-electron chi connectivity index (χ3n) is 10.8. The summed E-state index contributed by atoms with van der Waals surface area (Å²) in [6.45, 7) is 0.748. The van der Waals surface area contributed by atoms with Crippen molar-refractivity contribution in [1.82, 2.24) is 40.4 Å². The summed E-state index contributed by atoms with van der Waals surface area (Å²) in [6, 6.07) is 28.1. The van der Waals surface area contributed by atoms with E-state index in [9.17, 15) is 19.2 Å². The Bertz CT molecular complexity index is 2780. The van der Waals surface area contributed by atoms with Gasteiger partial charge in [0.15, 0.2) is 0 Å². The molecule has 312 valence electrons. The van der Waals surface area contributed by atoms with Crippen LogP contribution in [0.1, 0.15) is 46.9 Å². The lowest BCUT2D eigenvalue weighted by Gasteiger charge is -2.28. The van der Waals surface area contributed by atoms with E-state index in [-0.39, 0.29) is 11.8 Å². The lowest BCUT2D eigenvalue weighted by molar-refractivity contribution is -0.134. The molecular formula is C46H40N8O6S2. The van der Waals surface area contributed by atoms with Gasteiger partial charge in [0, 0.05) is 45.3 Å². The molecule has 0 unspecified atom stereocenters. The monoisotopic (exact) mass is 864 g/mol. The Morgan fingerprint density at radius 1 is 0.629 bits per heavy atom. The molecule has 4 N–H and O–H groups in total. The molecule has 6 heterocycles. The van der Waals surface area contributed by atoms with E-state index in [2.05, 4.69) is 44.9 Å². The first-order valence-electron chi connectivity index (χ1n) is 19.8. The Kier molecular flexibility index (Phi) is 11.2. The van der Waals surface area contributed by atoms with Gasteiger partial charge in [0.25, 0.3) is 11.8 Å². The lowest BCUT2D eigenvalue weighted by atomic mass is 10.1. The summed E-state index contributed by atoms with van der Waals surface area (Å²) in [5.74, 6) is 0.697. The molecule has 7 aromatic rings. The van der Waals surface area contributed by atoms with Crippen molar-refractivity contribution in [2.24, 2.45) is 0 Å². The number of nitrogens with zero attached hydrogens (tertiary/aromatic N) is 4. The molecule has 0 radical (unpaired) electrons. The average Bonchev–Trinajstić information content (AvgIpc) is 4.17. The second kappa shape index (κ2) is 17.4. The van der Waals surface area contributed by atoms with Crippen LogP contribution in [-0.4, -0.2) is 81.0 Å². The van der Waals surface area contributed by atoms with Crippen molar-refractivity contribution in [3.05, 3.63) is 157 Å². The Morgan fingerprint density at radius 3 is 1.60 bits per heavy atom. The minimum atomic E-state index is -0.923. The Hall–Kier alpha value is -7.30. The molecule has 4 amide bonds. The number of H-pyrrole nitrogens is 2. The van der Waals surface area contributed by atoms with Gasteiger partial charge < -0.3 is 39.9 Å². The number of thiophene rings is 2. The molecule has 0 saturated carbocycles. The van der Waals surface area contributed by atoms with E-state index < -0.39 is 36.4 Å². The molecule has 0 spiro atoms. The molecule has 2 aliphatic heterocycles. The summed E-state index contributed by atoms with van der Waals surface area (Å²) in [5, 5.41) is 5.38. The SMILES string of the molecule is COC(=O)N[C@@H](C(=O)N1CC=C[C@H]1c1nc(-c2ccc(-c3cc4sc(-c5c[nH]c([C@@H]6C=CCN6C(=O)[C@H](NC(=O)OC)c6ccccc6)n5)cc4s3)cc2)c[nH]1)c1ccccc1. The summed E-state index contributed by atoms with van der Waals surface area (Å²) < 4.78 is 11.9. The molecule has 2 aliphatic rings. The molecule has 3 aromatic carbocycles. The van der Waals surface area contributed by atoms with Gasteiger partial charge in [-0.05, 0) is 28.8 Å². The summed E-state index contributed by atoms with van der Waals surface area (Å²) in [7, 11) is 2.54. The summed E-state index contributed by atoms with van der Waals surface area (Å²) in [6.07, 6.45) is 10.0. The minimum absolute atomic E-state index is 0.271. The van der Waals surface area contributed by atoms with E-state index in [4.69, 9.17) is 19.4 Å². The van der Waals surface area contributed by atoms with E-state index in [0.29, 0.717) is 35.9 Å².